The largest absolute Gasteiger partial charge is 0.507 e. The monoisotopic (exact) mass is 422 g/mol. The van der Waals surface area contributed by atoms with Crippen LogP contribution < -0.4 is 14.9 Å². The Morgan fingerprint density at radius 3 is 2.52 bits per heavy atom. The van der Waals surface area contributed by atoms with E-state index in [1.165, 1.54) is 48.7 Å². The molecule has 0 aliphatic carbocycles. The second-order valence-electron chi connectivity index (χ2n) is 6.25. The van der Waals surface area contributed by atoms with Gasteiger partial charge in [0, 0.05) is 0 Å². The number of benzene rings is 3. The maximum atomic E-state index is 13.0. The molecule has 8 heteroatoms. The molecule has 0 heterocycles. The Morgan fingerprint density at radius 2 is 1.81 bits per heavy atom. The molecule has 0 fully saturated rings. The van der Waals surface area contributed by atoms with E-state index in [0.717, 1.165) is 0 Å². The molecule has 3 rings (SSSR count). The minimum absolute atomic E-state index is 0.0951. The van der Waals surface area contributed by atoms with Crippen molar-refractivity contribution >= 4 is 18.1 Å². The Morgan fingerprint density at radius 1 is 1.06 bits per heavy atom. The van der Waals surface area contributed by atoms with E-state index in [1.807, 2.05) is 0 Å². The number of rotatable bonds is 7. The second-order valence-corrected chi connectivity index (χ2v) is 6.25. The van der Waals surface area contributed by atoms with Gasteiger partial charge < -0.3 is 14.6 Å². The molecule has 0 atom stereocenters. The fraction of sp³-hybridized carbons (Fsp3) is 0.0870. The first-order valence-corrected chi connectivity index (χ1v) is 9.34. The van der Waals surface area contributed by atoms with Crippen LogP contribution in [0.15, 0.2) is 71.8 Å². The molecule has 0 radical (unpaired) electrons. The van der Waals surface area contributed by atoms with Crippen molar-refractivity contribution in [1.82, 2.24) is 5.43 Å². The molecule has 0 bridgehead atoms. The van der Waals surface area contributed by atoms with E-state index < -0.39 is 17.7 Å². The van der Waals surface area contributed by atoms with E-state index in [0.29, 0.717) is 17.9 Å². The molecule has 7 nitrogen and oxygen atoms in total. The molecule has 158 valence electrons. The van der Waals surface area contributed by atoms with Gasteiger partial charge in [-0.3, -0.25) is 4.79 Å². The molecule has 0 saturated carbocycles. The van der Waals surface area contributed by atoms with Crippen molar-refractivity contribution in [2.24, 2.45) is 5.10 Å². The zero-order valence-electron chi connectivity index (χ0n) is 16.5. The molecule has 0 aliphatic rings. The Balaban J connectivity index is 1.71. The molecule has 0 aliphatic heterocycles. The van der Waals surface area contributed by atoms with Crippen LogP contribution in [0.2, 0.25) is 0 Å². The van der Waals surface area contributed by atoms with Crippen molar-refractivity contribution in [3.63, 3.8) is 0 Å². The molecule has 3 aromatic carbocycles. The van der Waals surface area contributed by atoms with E-state index in [-0.39, 0.29) is 22.6 Å². The van der Waals surface area contributed by atoms with Crippen LogP contribution in [-0.4, -0.2) is 29.8 Å². The number of ether oxygens (including phenoxy) is 2. The first kappa shape index (κ1) is 21.5. The highest BCUT2D eigenvalue weighted by molar-refractivity contribution is 5.97. The number of nitrogens with one attached hydrogen (secondary N) is 1. The Kier molecular flexibility index (Phi) is 6.95. The fourth-order valence-corrected chi connectivity index (χ4v) is 2.59. The van der Waals surface area contributed by atoms with Gasteiger partial charge >= 0.3 is 5.97 Å². The third-order valence-electron chi connectivity index (χ3n) is 4.08. The molecular formula is C23H19FN2O5. The van der Waals surface area contributed by atoms with Gasteiger partial charge in [0.2, 0.25) is 0 Å². The number of phenolic OH excluding ortho intramolecular Hbond substituents is 1. The SMILES string of the molecule is CCOc1cc(/C=N\NC(=O)c2ccccc2O)ccc1OC(=O)c1ccc(F)cc1. The number of nitrogens with zero attached hydrogens (tertiary/aromatic N) is 1. The predicted molar refractivity (Wildman–Crippen MR) is 112 cm³/mol. The van der Waals surface area contributed by atoms with Crippen LogP contribution in [0.3, 0.4) is 0 Å². The number of phenols is 1. The summed E-state index contributed by atoms with van der Waals surface area (Å²) in [4.78, 5) is 24.3. The molecule has 0 saturated heterocycles. The van der Waals surface area contributed by atoms with Gasteiger partial charge in [-0.25, -0.2) is 14.6 Å². The molecule has 0 unspecified atom stereocenters. The first-order valence-electron chi connectivity index (χ1n) is 9.34. The summed E-state index contributed by atoms with van der Waals surface area (Å²) in [5.41, 5.74) is 3.19. The van der Waals surface area contributed by atoms with Gasteiger partial charge in [-0.05, 0) is 67.1 Å². The molecule has 0 spiro atoms. The number of hydrazone groups is 1. The van der Waals surface area contributed by atoms with Crippen LogP contribution in [0.25, 0.3) is 0 Å². The van der Waals surface area contributed by atoms with Crippen LogP contribution in [0.4, 0.5) is 4.39 Å². The van der Waals surface area contributed by atoms with Crippen molar-refractivity contribution < 1.29 is 28.6 Å². The summed E-state index contributed by atoms with van der Waals surface area (Å²) in [6.07, 6.45) is 1.38. The standard InChI is InChI=1S/C23H19FN2O5/c1-2-30-21-13-15(14-25-26-22(28)18-5-3-4-6-19(18)27)7-12-20(21)31-23(29)16-8-10-17(24)11-9-16/h3-14,27H,2H2,1H3,(H,26,28)/b25-14-. The fourth-order valence-electron chi connectivity index (χ4n) is 2.59. The summed E-state index contributed by atoms with van der Waals surface area (Å²) >= 11 is 0. The van der Waals surface area contributed by atoms with Crippen LogP contribution in [0, 0.1) is 5.82 Å². The lowest BCUT2D eigenvalue weighted by molar-refractivity contribution is 0.0728. The lowest BCUT2D eigenvalue weighted by Gasteiger charge is -2.11. The number of hydrogen-bond acceptors (Lipinski definition) is 6. The molecular weight excluding hydrogens is 403 g/mol. The topological polar surface area (TPSA) is 97.2 Å². The smallest absolute Gasteiger partial charge is 0.343 e. The van der Waals surface area contributed by atoms with Crippen LogP contribution in [0.5, 0.6) is 17.2 Å². The highest BCUT2D eigenvalue weighted by Crippen LogP contribution is 2.29. The van der Waals surface area contributed by atoms with Gasteiger partial charge in [-0.15, -0.1) is 0 Å². The zero-order valence-corrected chi connectivity index (χ0v) is 16.5. The van der Waals surface area contributed by atoms with E-state index in [4.69, 9.17) is 9.47 Å². The van der Waals surface area contributed by atoms with Gasteiger partial charge in [-0.2, -0.15) is 5.10 Å². The maximum absolute atomic E-state index is 13.0. The number of para-hydroxylation sites is 1. The van der Waals surface area contributed by atoms with Gasteiger partial charge in [0.05, 0.1) is 23.9 Å². The minimum atomic E-state index is -0.655. The number of amides is 1. The predicted octanol–water partition coefficient (Wildman–Crippen LogP) is 3.91. The molecule has 2 N–H and O–H groups in total. The summed E-state index contributed by atoms with van der Waals surface area (Å²) in [5, 5.41) is 13.6. The summed E-state index contributed by atoms with van der Waals surface area (Å²) < 4.78 is 23.9. The summed E-state index contributed by atoms with van der Waals surface area (Å²) in [6.45, 7) is 2.10. The summed E-state index contributed by atoms with van der Waals surface area (Å²) in [5.74, 6) is -1.34. The third-order valence-corrected chi connectivity index (χ3v) is 4.08. The normalized spacial score (nSPS) is 10.6. The van der Waals surface area contributed by atoms with E-state index in [2.05, 4.69) is 10.5 Å². The van der Waals surface area contributed by atoms with Crippen molar-refractivity contribution in [2.75, 3.05) is 6.61 Å². The summed E-state index contributed by atoms with van der Waals surface area (Å²) in [6, 6.07) is 15.8. The minimum Gasteiger partial charge on any atom is -0.507 e. The third kappa shape index (κ3) is 5.66. The molecule has 1 amide bonds. The van der Waals surface area contributed by atoms with E-state index >= 15 is 0 Å². The van der Waals surface area contributed by atoms with Crippen molar-refractivity contribution in [2.45, 2.75) is 6.92 Å². The number of aromatic hydroxyl groups is 1. The van der Waals surface area contributed by atoms with Gasteiger partial charge in [0.15, 0.2) is 11.5 Å². The number of halogens is 1. The van der Waals surface area contributed by atoms with Gasteiger partial charge in [0.25, 0.3) is 5.91 Å². The maximum Gasteiger partial charge on any atom is 0.343 e. The lowest BCUT2D eigenvalue weighted by atomic mass is 10.2. The van der Waals surface area contributed by atoms with Crippen LogP contribution >= 0.6 is 0 Å². The molecule has 0 aromatic heterocycles. The molecule has 31 heavy (non-hydrogen) atoms. The zero-order chi connectivity index (χ0) is 22.2. The Bertz CT molecular complexity index is 1110. The van der Waals surface area contributed by atoms with Gasteiger partial charge in [-0.1, -0.05) is 12.1 Å². The number of carbonyl (C=O) groups is 2. The highest BCUT2D eigenvalue weighted by atomic mass is 19.1. The van der Waals surface area contributed by atoms with Crippen molar-refractivity contribution in [3.8, 4) is 17.2 Å². The number of hydrogen-bond donors (Lipinski definition) is 2. The van der Waals surface area contributed by atoms with Crippen molar-refractivity contribution in [3.05, 3.63) is 89.2 Å². The lowest BCUT2D eigenvalue weighted by Crippen LogP contribution is -2.17. The van der Waals surface area contributed by atoms with E-state index in [9.17, 15) is 19.1 Å². The second kappa shape index (κ2) is 10.0. The number of carbonyl (C=O) groups excluding carboxylic acids is 2. The molecule has 3 aromatic rings. The first-order chi connectivity index (χ1) is 15.0. The van der Waals surface area contributed by atoms with Crippen LogP contribution in [-0.2, 0) is 0 Å². The Hall–Kier alpha value is -4.20. The summed E-state index contributed by atoms with van der Waals surface area (Å²) in [7, 11) is 0. The van der Waals surface area contributed by atoms with Crippen molar-refractivity contribution in [1.29, 1.82) is 0 Å². The highest BCUT2D eigenvalue weighted by Gasteiger charge is 2.14. The number of esters is 1. The van der Waals surface area contributed by atoms with Gasteiger partial charge in [0.1, 0.15) is 11.6 Å². The Labute approximate surface area is 177 Å². The quantitative estimate of drug-likeness (QED) is 0.260. The van der Waals surface area contributed by atoms with E-state index in [1.54, 1.807) is 31.2 Å². The van der Waals surface area contributed by atoms with Crippen LogP contribution in [0.1, 0.15) is 33.2 Å². The average molecular weight is 422 g/mol. The average Bonchev–Trinajstić information content (AvgIpc) is 2.76.